The van der Waals surface area contributed by atoms with E-state index in [1.165, 1.54) is 0 Å². The number of rotatable bonds is 3. The molecule has 0 aliphatic carbocycles. The van der Waals surface area contributed by atoms with Gasteiger partial charge in [0.15, 0.2) is 5.65 Å². The molecule has 24 heavy (non-hydrogen) atoms. The Kier molecular flexibility index (Phi) is 3.58. The molecule has 1 N–H and O–H groups in total. The molecule has 2 aromatic heterocycles. The van der Waals surface area contributed by atoms with Gasteiger partial charge in [-0.3, -0.25) is 0 Å². The highest BCUT2D eigenvalue weighted by atomic mass is 19.1. The minimum Gasteiger partial charge on any atom is -0.323 e. The van der Waals surface area contributed by atoms with Gasteiger partial charge < -0.3 is 4.98 Å². The van der Waals surface area contributed by atoms with Crippen molar-refractivity contribution in [3.63, 3.8) is 0 Å². The number of nitrogens with zero attached hydrogens (tertiary/aromatic N) is 2. The fourth-order valence-electron chi connectivity index (χ4n) is 2.88. The molecule has 4 aromatic rings. The quantitative estimate of drug-likeness (QED) is 0.578. The number of fused-ring (bicyclic) bond motifs is 1. The molecule has 2 heterocycles. The Balaban J connectivity index is 1.87. The molecule has 0 aliphatic rings. The van der Waals surface area contributed by atoms with Crippen LogP contribution in [0.1, 0.15) is 12.5 Å². The van der Waals surface area contributed by atoms with Gasteiger partial charge in [-0.2, -0.15) is 0 Å². The molecule has 0 saturated carbocycles. The fraction of sp³-hybridized carbons (Fsp3) is 0.100. The van der Waals surface area contributed by atoms with Crippen molar-refractivity contribution in [3.8, 4) is 22.5 Å². The minimum atomic E-state index is -0.182. The van der Waals surface area contributed by atoms with Crippen LogP contribution in [0, 0.1) is 5.82 Å². The maximum Gasteiger partial charge on any atom is 0.158 e. The van der Waals surface area contributed by atoms with Crippen molar-refractivity contribution in [1.29, 1.82) is 0 Å². The normalized spacial score (nSPS) is 11.1. The van der Waals surface area contributed by atoms with E-state index in [1.54, 1.807) is 12.3 Å². The first-order valence-electron chi connectivity index (χ1n) is 7.95. The first-order chi connectivity index (χ1) is 11.8. The van der Waals surface area contributed by atoms with Gasteiger partial charge in [0.05, 0.1) is 0 Å². The monoisotopic (exact) mass is 317 g/mol. The zero-order chi connectivity index (χ0) is 16.5. The molecule has 2 aromatic carbocycles. The molecule has 0 spiro atoms. The van der Waals surface area contributed by atoms with E-state index >= 15 is 0 Å². The van der Waals surface area contributed by atoms with Crippen molar-refractivity contribution in [3.05, 3.63) is 72.2 Å². The lowest BCUT2D eigenvalue weighted by molar-refractivity contribution is 0.613. The Bertz CT molecular complexity index is 1010. The van der Waals surface area contributed by atoms with Gasteiger partial charge in [0.1, 0.15) is 17.2 Å². The van der Waals surface area contributed by atoms with Crippen molar-refractivity contribution >= 4 is 11.2 Å². The smallest absolute Gasteiger partial charge is 0.158 e. The topological polar surface area (TPSA) is 41.6 Å². The summed E-state index contributed by atoms with van der Waals surface area (Å²) in [6, 6.07) is 17.1. The van der Waals surface area contributed by atoms with Crippen LogP contribution >= 0.6 is 0 Å². The third-order valence-electron chi connectivity index (χ3n) is 4.18. The molecule has 3 nitrogen and oxygen atoms in total. The molecule has 0 aliphatic heterocycles. The second-order valence-electron chi connectivity index (χ2n) is 5.67. The van der Waals surface area contributed by atoms with E-state index in [0.717, 1.165) is 33.6 Å². The average Bonchev–Trinajstić information content (AvgIpc) is 3.06. The average molecular weight is 317 g/mol. The third-order valence-corrected chi connectivity index (χ3v) is 4.18. The Hall–Kier alpha value is -3.01. The van der Waals surface area contributed by atoms with Crippen molar-refractivity contribution < 1.29 is 4.39 Å². The van der Waals surface area contributed by atoms with Crippen LogP contribution in [-0.4, -0.2) is 15.0 Å². The zero-order valence-corrected chi connectivity index (χ0v) is 13.3. The minimum absolute atomic E-state index is 0.182. The van der Waals surface area contributed by atoms with E-state index in [4.69, 9.17) is 4.98 Å². The summed E-state index contributed by atoms with van der Waals surface area (Å²) in [5.41, 5.74) is 4.85. The molecule has 0 radical (unpaired) electrons. The highest BCUT2D eigenvalue weighted by molar-refractivity contribution is 5.91. The Morgan fingerprint density at radius 2 is 1.83 bits per heavy atom. The lowest BCUT2D eigenvalue weighted by Crippen LogP contribution is -1.90. The van der Waals surface area contributed by atoms with Crippen LogP contribution < -0.4 is 0 Å². The molecule has 0 fully saturated rings. The number of H-pyrrole nitrogens is 1. The highest BCUT2D eigenvalue weighted by Crippen LogP contribution is 2.29. The SMILES string of the molecule is CCc1ccc(-c2ccnc3[nH]c(-c4ccccc4)nc23)cc1F. The number of nitrogens with one attached hydrogen (secondary N) is 1. The largest absolute Gasteiger partial charge is 0.323 e. The summed E-state index contributed by atoms with van der Waals surface area (Å²) >= 11 is 0. The lowest BCUT2D eigenvalue weighted by Gasteiger charge is -2.05. The number of hydrogen-bond donors (Lipinski definition) is 1. The summed E-state index contributed by atoms with van der Waals surface area (Å²) in [4.78, 5) is 12.3. The van der Waals surface area contributed by atoms with Gasteiger partial charge in [0.25, 0.3) is 0 Å². The van der Waals surface area contributed by atoms with Crippen LogP contribution in [0.5, 0.6) is 0 Å². The van der Waals surface area contributed by atoms with E-state index in [2.05, 4.69) is 9.97 Å². The van der Waals surface area contributed by atoms with Crippen LogP contribution in [0.2, 0.25) is 0 Å². The Morgan fingerprint density at radius 3 is 2.58 bits per heavy atom. The number of benzene rings is 2. The molecular formula is C20H16FN3. The first-order valence-corrected chi connectivity index (χ1v) is 7.95. The van der Waals surface area contributed by atoms with E-state index in [9.17, 15) is 4.39 Å². The second-order valence-corrected chi connectivity index (χ2v) is 5.67. The molecule has 4 heteroatoms. The van der Waals surface area contributed by atoms with Gasteiger partial charge in [-0.1, -0.05) is 49.4 Å². The van der Waals surface area contributed by atoms with Crippen LogP contribution in [0.3, 0.4) is 0 Å². The molecule has 4 rings (SSSR count). The van der Waals surface area contributed by atoms with Gasteiger partial charge in [0, 0.05) is 17.3 Å². The number of pyridine rings is 1. The molecule has 0 saturated heterocycles. The second kappa shape index (κ2) is 5.89. The number of aromatic nitrogens is 3. The third kappa shape index (κ3) is 2.46. The number of imidazole rings is 1. The summed E-state index contributed by atoms with van der Waals surface area (Å²) in [5, 5.41) is 0. The van der Waals surface area contributed by atoms with Gasteiger partial charge >= 0.3 is 0 Å². The standard InChI is InChI=1S/C20H16FN3/c1-2-13-8-9-15(12-17(13)21)16-10-11-22-20-18(16)23-19(24-20)14-6-4-3-5-7-14/h3-12H,2H2,1H3,(H,22,23,24). The predicted octanol–water partition coefficient (Wildman–Crippen LogP) is 4.99. The molecule has 0 bridgehead atoms. The number of aromatic amines is 1. The maximum absolute atomic E-state index is 14.2. The predicted molar refractivity (Wildman–Crippen MR) is 94.1 cm³/mol. The van der Waals surface area contributed by atoms with Crippen molar-refractivity contribution in [2.24, 2.45) is 0 Å². The van der Waals surface area contributed by atoms with Crippen molar-refractivity contribution in [2.45, 2.75) is 13.3 Å². The highest BCUT2D eigenvalue weighted by Gasteiger charge is 2.12. The van der Waals surface area contributed by atoms with Crippen molar-refractivity contribution in [2.75, 3.05) is 0 Å². The summed E-state index contributed by atoms with van der Waals surface area (Å²) < 4.78 is 14.2. The van der Waals surface area contributed by atoms with Gasteiger partial charge in [0.2, 0.25) is 0 Å². The number of aryl methyl sites for hydroxylation is 1. The van der Waals surface area contributed by atoms with E-state index in [1.807, 2.05) is 55.5 Å². The lowest BCUT2D eigenvalue weighted by atomic mass is 10.0. The van der Waals surface area contributed by atoms with Gasteiger partial charge in [-0.15, -0.1) is 0 Å². The van der Waals surface area contributed by atoms with Gasteiger partial charge in [-0.05, 0) is 29.7 Å². The molecule has 0 atom stereocenters. The van der Waals surface area contributed by atoms with Crippen molar-refractivity contribution in [1.82, 2.24) is 15.0 Å². The zero-order valence-electron chi connectivity index (χ0n) is 13.3. The molecule has 0 amide bonds. The van der Waals surface area contributed by atoms with Gasteiger partial charge in [-0.25, -0.2) is 14.4 Å². The van der Waals surface area contributed by atoms with Crippen LogP contribution in [-0.2, 0) is 6.42 Å². The fourth-order valence-corrected chi connectivity index (χ4v) is 2.88. The Labute approximate surface area is 139 Å². The van der Waals surface area contributed by atoms with E-state index in [-0.39, 0.29) is 5.82 Å². The molecule has 0 unspecified atom stereocenters. The summed E-state index contributed by atoms with van der Waals surface area (Å²) in [7, 11) is 0. The summed E-state index contributed by atoms with van der Waals surface area (Å²) in [5.74, 6) is 0.579. The van der Waals surface area contributed by atoms with E-state index in [0.29, 0.717) is 12.1 Å². The Morgan fingerprint density at radius 1 is 1.00 bits per heavy atom. The molecule has 118 valence electrons. The summed E-state index contributed by atoms with van der Waals surface area (Å²) in [6.45, 7) is 1.95. The maximum atomic E-state index is 14.2. The van der Waals surface area contributed by atoms with E-state index < -0.39 is 0 Å². The first kappa shape index (κ1) is 14.6. The molecular weight excluding hydrogens is 301 g/mol. The summed E-state index contributed by atoms with van der Waals surface area (Å²) in [6.07, 6.45) is 2.40. The number of halogens is 1. The van der Waals surface area contributed by atoms with Crippen LogP contribution in [0.15, 0.2) is 60.8 Å². The number of hydrogen-bond acceptors (Lipinski definition) is 2. The van der Waals surface area contributed by atoms with Crippen LogP contribution in [0.25, 0.3) is 33.7 Å². The van der Waals surface area contributed by atoms with Crippen LogP contribution in [0.4, 0.5) is 4.39 Å².